The summed E-state index contributed by atoms with van der Waals surface area (Å²) in [5, 5.41) is 12.7. The minimum absolute atomic E-state index is 0.152. The maximum atomic E-state index is 12.7. The molecule has 12 nitrogen and oxygen atoms in total. The maximum Gasteiger partial charge on any atom is 0.354 e. The molecule has 6 N–H and O–H groups in total. The molecule has 12 heteroatoms. The first kappa shape index (κ1) is 26.7. The molecule has 3 heterocycles. The molecule has 0 bridgehead atoms. The van der Waals surface area contributed by atoms with Crippen LogP contribution in [-0.4, -0.2) is 98.2 Å². The Morgan fingerprint density at radius 1 is 1.08 bits per heavy atom. The lowest BCUT2D eigenvalue weighted by Gasteiger charge is -2.37. The molecule has 0 radical (unpaired) electrons. The second kappa shape index (κ2) is 11.0. The van der Waals surface area contributed by atoms with E-state index in [-0.39, 0.29) is 23.8 Å². The molecule has 2 aliphatic heterocycles. The van der Waals surface area contributed by atoms with E-state index in [4.69, 9.17) is 11.5 Å². The van der Waals surface area contributed by atoms with Crippen LogP contribution in [-0.2, 0) is 11.3 Å². The lowest BCUT2D eigenvalue weighted by atomic mass is 10.0. The molecule has 0 spiro atoms. The van der Waals surface area contributed by atoms with E-state index in [0.717, 1.165) is 18.5 Å². The Labute approximate surface area is 215 Å². The van der Waals surface area contributed by atoms with E-state index in [1.807, 2.05) is 24.3 Å². The number of benzene rings is 1. The zero-order valence-corrected chi connectivity index (χ0v) is 21.3. The van der Waals surface area contributed by atoms with Crippen LogP contribution >= 0.6 is 0 Å². The van der Waals surface area contributed by atoms with E-state index >= 15 is 0 Å². The molecule has 4 rings (SSSR count). The third kappa shape index (κ3) is 6.52. The Balaban J connectivity index is 1.32. The predicted molar refractivity (Wildman–Crippen MR) is 139 cm³/mol. The summed E-state index contributed by atoms with van der Waals surface area (Å²) in [4.78, 5) is 47.0. The van der Waals surface area contributed by atoms with Crippen LogP contribution in [0.2, 0.25) is 0 Å². The number of hydrogen-bond acceptors (Lipinski definition) is 8. The standard InChI is InChI=1S/C25H36N8O4/c1-25(2,27)22(35)31-11-13-32(14-12-31)23(36)28-21-8-10-33(24(37)29-21)18-5-3-17(4-6-18)15-30-9-7-19(26)20(34)16-30/h3-6,8,10,19-20,34H,7,9,11-16,26-27H2,1-2H3,(H,28,29,36,37)/t19?,20-/m1/s1. The maximum absolute atomic E-state index is 12.7. The molecule has 1 aromatic carbocycles. The van der Waals surface area contributed by atoms with Gasteiger partial charge in [0.25, 0.3) is 0 Å². The number of aliphatic hydroxyl groups is 1. The van der Waals surface area contributed by atoms with Crippen molar-refractivity contribution in [3.63, 3.8) is 0 Å². The average Bonchev–Trinajstić information content (AvgIpc) is 2.86. The van der Waals surface area contributed by atoms with Gasteiger partial charge in [-0.3, -0.25) is 19.6 Å². The Hall–Kier alpha value is -3.32. The van der Waals surface area contributed by atoms with Crippen LogP contribution in [0.15, 0.2) is 41.3 Å². The number of amides is 3. The highest BCUT2D eigenvalue weighted by molar-refractivity contribution is 5.89. The van der Waals surface area contributed by atoms with Gasteiger partial charge in [-0.2, -0.15) is 4.98 Å². The molecular weight excluding hydrogens is 476 g/mol. The largest absolute Gasteiger partial charge is 0.390 e. The van der Waals surface area contributed by atoms with Crippen molar-refractivity contribution in [2.75, 3.05) is 44.6 Å². The number of nitrogens with one attached hydrogen (secondary N) is 1. The van der Waals surface area contributed by atoms with Gasteiger partial charge in [-0.25, -0.2) is 9.59 Å². The zero-order chi connectivity index (χ0) is 26.7. The summed E-state index contributed by atoms with van der Waals surface area (Å²) in [7, 11) is 0. The normalized spacial score (nSPS) is 21.1. The Morgan fingerprint density at radius 2 is 1.73 bits per heavy atom. The number of carbonyl (C=O) groups excluding carboxylic acids is 2. The van der Waals surface area contributed by atoms with E-state index in [2.05, 4.69) is 15.2 Å². The molecule has 2 atom stereocenters. The first-order chi connectivity index (χ1) is 17.5. The van der Waals surface area contributed by atoms with Crippen LogP contribution in [0.25, 0.3) is 5.69 Å². The van der Waals surface area contributed by atoms with Crippen LogP contribution in [0.1, 0.15) is 25.8 Å². The van der Waals surface area contributed by atoms with E-state index in [0.29, 0.717) is 45.0 Å². The quantitative estimate of drug-likeness (QED) is 0.418. The molecule has 1 unspecified atom stereocenters. The topological polar surface area (TPSA) is 163 Å². The number of piperidine rings is 1. The van der Waals surface area contributed by atoms with E-state index in [1.165, 1.54) is 4.57 Å². The van der Waals surface area contributed by atoms with Gasteiger partial charge in [-0.15, -0.1) is 0 Å². The number of anilines is 1. The fourth-order valence-corrected chi connectivity index (χ4v) is 4.56. The van der Waals surface area contributed by atoms with Crippen molar-refractivity contribution >= 4 is 17.8 Å². The minimum atomic E-state index is -0.954. The van der Waals surface area contributed by atoms with E-state index in [9.17, 15) is 19.5 Å². The molecular formula is C25H36N8O4. The summed E-state index contributed by atoms with van der Waals surface area (Å²) in [5.74, 6) is 0.00669. The van der Waals surface area contributed by atoms with Gasteiger partial charge in [0, 0.05) is 58.1 Å². The Kier molecular flexibility index (Phi) is 7.93. The van der Waals surface area contributed by atoms with Gasteiger partial charge in [-0.1, -0.05) is 12.1 Å². The second-order valence-electron chi connectivity index (χ2n) is 10.3. The summed E-state index contributed by atoms with van der Waals surface area (Å²) in [6.45, 7) is 6.89. The summed E-state index contributed by atoms with van der Waals surface area (Å²) < 4.78 is 1.40. The van der Waals surface area contributed by atoms with Gasteiger partial charge in [0.2, 0.25) is 5.91 Å². The molecule has 0 aliphatic carbocycles. The first-order valence-electron chi connectivity index (χ1n) is 12.5. The van der Waals surface area contributed by atoms with Gasteiger partial charge in [0.15, 0.2) is 0 Å². The molecule has 2 fully saturated rings. The lowest BCUT2D eigenvalue weighted by Crippen LogP contribution is -2.58. The number of piperazine rings is 1. The van der Waals surface area contributed by atoms with Crippen LogP contribution < -0.4 is 22.5 Å². The number of urea groups is 1. The fourth-order valence-electron chi connectivity index (χ4n) is 4.56. The van der Waals surface area contributed by atoms with Crippen molar-refractivity contribution in [1.29, 1.82) is 0 Å². The average molecular weight is 513 g/mol. The third-order valence-electron chi connectivity index (χ3n) is 6.78. The number of likely N-dealkylation sites (tertiary alicyclic amines) is 1. The molecule has 2 saturated heterocycles. The van der Waals surface area contributed by atoms with Crippen molar-refractivity contribution in [2.24, 2.45) is 11.5 Å². The Morgan fingerprint density at radius 3 is 2.32 bits per heavy atom. The zero-order valence-electron chi connectivity index (χ0n) is 21.3. The number of β-amino-alcohol motifs (C(OH)–C–C–N with tert-alkyl or cyclic N) is 1. The third-order valence-corrected chi connectivity index (χ3v) is 6.78. The number of hydrogen-bond donors (Lipinski definition) is 4. The highest BCUT2D eigenvalue weighted by Crippen LogP contribution is 2.16. The highest BCUT2D eigenvalue weighted by atomic mass is 16.3. The highest BCUT2D eigenvalue weighted by Gasteiger charge is 2.31. The van der Waals surface area contributed by atoms with Crippen molar-refractivity contribution in [3.05, 3.63) is 52.6 Å². The number of nitrogens with zero attached hydrogens (tertiary/aromatic N) is 5. The smallest absolute Gasteiger partial charge is 0.354 e. The van der Waals surface area contributed by atoms with Crippen LogP contribution in [0.5, 0.6) is 0 Å². The monoisotopic (exact) mass is 512 g/mol. The summed E-state index contributed by atoms with van der Waals surface area (Å²) in [6.07, 6.45) is 1.81. The van der Waals surface area contributed by atoms with Crippen molar-refractivity contribution in [1.82, 2.24) is 24.3 Å². The van der Waals surface area contributed by atoms with Gasteiger partial charge in [0.1, 0.15) is 5.82 Å². The molecule has 1 aromatic heterocycles. The summed E-state index contributed by atoms with van der Waals surface area (Å²) >= 11 is 0. The van der Waals surface area contributed by atoms with Crippen LogP contribution in [0.3, 0.4) is 0 Å². The number of carbonyl (C=O) groups is 2. The summed E-state index contributed by atoms with van der Waals surface area (Å²) in [5.41, 5.74) is 12.0. The van der Waals surface area contributed by atoms with E-state index < -0.39 is 17.3 Å². The van der Waals surface area contributed by atoms with Crippen LogP contribution in [0, 0.1) is 0 Å². The number of rotatable bonds is 5. The van der Waals surface area contributed by atoms with Crippen molar-refractivity contribution < 1.29 is 14.7 Å². The molecule has 37 heavy (non-hydrogen) atoms. The molecule has 0 saturated carbocycles. The van der Waals surface area contributed by atoms with Gasteiger partial charge >= 0.3 is 11.7 Å². The Bertz CT molecular complexity index is 1170. The predicted octanol–water partition coefficient (Wildman–Crippen LogP) is -0.460. The molecule has 2 aromatic rings. The van der Waals surface area contributed by atoms with Gasteiger partial charge in [0.05, 0.1) is 17.3 Å². The second-order valence-corrected chi connectivity index (χ2v) is 10.3. The SMILES string of the molecule is CC(C)(N)C(=O)N1CCN(C(=O)Nc2ccn(-c3ccc(CN4CCC(N)[C@H](O)C4)cc3)c(=O)n2)CC1. The number of nitrogens with two attached hydrogens (primary N) is 2. The number of aliphatic hydroxyl groups excluding tert-OH is 1. The fraction of sp³-hybridized carbons (Fsp3) is 0.520. The molecule has 200 valence electrons. The summed E-state index contributed by atoms with van der Waals surface area (Å²) in [6, 6.07) is 8.58. The van der Waals surface area contributed by atoms with Gasteiger partial charge in [-0.05, 0) is 44.0 Å². The van der Waals surface area contributed by atoms with Crippen molar-refractivity contribution in [2.45, 2.75) is 44.5 Å². The van der Waals surface area contributed by atoms with E-state index in [1.54, 1.807) is 35.9 Å². The minimum Gasteiger partial charge on any atom is -0.390 e. The van der Waals surface area contributed by atoms with Crippen molar-refractivity contribution in [3.8, 4) is 5.69 Å². The molecule has 3 amide bonds. The lowest BCUT2D eigenvalue weighted by molar-refractivity contribution is -0.137. The van der Waals surface area contributed by atoms with Gasteiger partial charge < -0.3 is 26.4 Å². The first-order valence-corrected chi connectivity index (χ1v) is 12.5. The number of aromatic nitrogens is 2. The van der Waals surface area contributed by atoms with Crippen LogP contribution in [0.4, 0.5) is 10.6 Å². The molecule has 2 aliphatic rings.